The van der Waals surface area contributed by atoms with Crippen molar-refractivity contribution in [1.82, 2.24) is 0 Å². The van der Waals surface area contributed by atoms with Gasteiger partial charge in [0, 0.05) is 11.6 Å². The summed E-state index contributed by atoms with van der Waals surface area (Å²) in [5, 5.41) is 10.8. The molecule has 0 aliphatic heterocycles. The molecule has 5 heteroatoms. The maximum atomic E-state index is 10.8. The van der Waals surface area contributed by atoms with Crippen LogP contribution in [0.1, 0.15) is 44.1 Å². The van der Waals surface area contributed by atoms with Gasteiger partial charge in [0.15, 0.2) is 0 Å². The highest BCUT2D eigenvalue weighted by Crippen LogP contribution is 2.27. The van der Waals surface area contributed by atoms with Crippen LogP contribution < -0.4 is 10.5 Å². The van der Waals surface area contributed by atoms with E-state index in [-0.39, 0.29) is 16.1 Å². The summed E-state index contributed by atoms with van der Waals surface area (Å²) >= 11 is 0. The zero-order valence-corrected chi connectivity index (χ0v) is 11.9. The predicted octanol–water partition coefficient (Wildman–Crippen LogP) is 3.33. The quantitative estimate of drug-likeness (QED) is 0.520. The lowest BCUT2D eigenvalue weighted by Gasteiger charge is -2.27. The second kappa shape index (κ2) is 6.22. The van der Waals surface area contributed by atoms with Gasteiger partial charge in [-0.15, -0.1) is 0 Å². The molecule has 1 fully saturated rings. The third-order valence-electron chi connectivity index (χ3n) is 3.99. The molecule has 0 atom stereocenters. The summed E-state index contributed by atoms with van der Waals surface area (Å²) in [4.78, 5) is 10.4. The van der Waals surface area contributed by atoms with Crippen molar-refractivity contribution < 1.29 is 9.66 Å². The van der Waals surface area contributed by atoms with E-state index < -0.39 is 0 Å². The van der Waals surface area contributed by atoms with Crippen LogP contribution in [0.5, 0.6) is 5.75 Å². The van der Waals surface area contributed by atoms with Crippen LogP contribution in [-0.4, -0.2) is 17.1 Å². The average Bonchev–Trinajstić information content (AvgIpc) is 2.61. The summed E-state index contributed by atoms with van der Waals surface area (Å²) in [6, 6.07) is 4.84. The first-order chi connectivity index (χ1) is 9.50. The number of aryl methyl sites for hydroxylation is 1. The maximum Gasteiger partial charge on any atom is 0.272 e. The van der Waals surface area contributed by atoms with Crippen LogP contribution in [0.3, 0.4) is 0 Å². The minimum atomic E-state index is -0.380. The molecule has 5 nitrogen and oxygen atoms in total. The first kappa shape index (κ1) is 14.8. The van der Waals surface area contributed by atoms with Gasteiger partial charge in [0.25, 0.3) is 5.69 Å². The number of nitrogens with zero attached hydrogens (tertiary/aromatic N) is 1. The second-order valence-corrected chi connectivity index (χ2v) is 5.77. The van der Waals surface area contributed by atoms with Crippen molar-refractivity contribution in [1.29, 1.82) is 0 Å². The predicted molar refractivity (Wildman–Crippen MR) is 77.9 cm³/mol. The molecule has 1 aliphatic rings. The maximum absolute atomic E-state index is 10.8. The van der Waals surface area contributed by atoms with Crippen molar-refractivity contribution in [2.45, 2.75) is 51.0 Å². The number of hydrogen-bond donors (Lipinski definition) is 1. The Morgan fingerprint density at radius 1 is 1.30 bits per heavy atom. The molecule has 1 saturated carbocycles. The van der Waals surface area contributed by atoms with E-state index in [4.69, 9.17) is 10.5 Å². The SMILES string of the molecule is Cc1cc(OCC2(N)CCCCCC2)ccc1[N+](=O)[O-]. The lowest BCUT2D eigenvalue weighted by Crippen LogP contribution is -2.45. The Hall–Kier alpha value is -1.62. The third kappa shape index (κ3) is 3.70. The molecule has 2 N–H and O–H groups in total. The molecule has 2 rings (SSSR count). The van der Waals surface area contributed by atoms with E-state index in [9.17, 15) is 10.1 Å². The minimum Gasteiger partial charge on any atom is -0.492 e. The van der Waals surface area contributed by atoms with Crippen LogP contribution in [0.2, 0.25) is 0 Å². The molecule has 0 amide bonds. The van der Waals surface area contributed by atoms with Gasteiger partial charge in [-0.2, -0.15) is 0 Å². The Bertz CT molecular complexity index is 480. The lowest BCUT2D eigenvalue weighted by atomic mass is 9.92. The number of nitro benzene ring substituents is 1. The topological polar surface area (TPSA) is 78.4 Å². The Balaban J connectivity index is 1.99. The van der Waals surface area contributed by atoms with E-state index in [1.807, 2.05) is 0 Å². The highest BCUT2D eigenvalue weighted by molar-refractivity contribution is 5.44. The number of nitrogens with two attached hydrogens (primary N) is 1. The summed E-state index contributed by atoms with van der Waals surface area (Å²) in [5.41, 5.74) is 6.86. The normalized spacial score (nSPS) is 18.3. The number of rotatable bonds is 4. The zero-order valence-electron chi connectivity index (χ0n) is 11.9. The Morgan fingerprint density at radius 3 is 2.50 bits per heavy atom. The monoisotopic (exact) mass is 278 g/mol. The molecule has 0 radical (unpaired) electrons. The van der Waals surface area contributed by atoms with Crippen LogP contribution in [-0.2, 0) is 0 Å². The van der Waals surface area contributed by atoms with E-state index in [2.05, 4.69) is 0 Å². The van der Waals surface area contributed by atoms with E-state index in [0.29, 0.717) is 17.9 Å². The molecule has 1 aromatic rings. The van der Waals surface area contributed by atoms with Crippen molar-refractivity contribution in [3.8, 4) is 5.75 Å². The van der Waals surface area contributed by atoms with Gasteiger partial charge in [0.1, 0.15) is 12.4 Å². The molecule has 20 heavy (non-hydrogen) atoms. The largest absolute Gasteiger partial charge is 0.492 e. The van der Waals surface area contributed by atoms with Crippen LogP contribution in [0, 0.1) is 17.0 Å². The number of hydrogen-bond acceptors (Lipinski definition) is 4. The number of ether oxygens (including phenoxy) is 1. The lowest BCUT2D eigenvalue weighted by molar-refractivity contribution is -0.385. The molecule has 0 saturated heterocycles. The molecular weight excluding hydrogens is 256 g/mol. The van der Waals surface area contributed by atoms with Gasteiger partial charge in [-0.1, -0.05) is 25.7 Å². The molecule has 1 aromatic carbocycles. The van der Waals surface area contributed by atoms with E-state index >= 15 is 0 Å². The van der Waals surface area contributed by atoms with Gasteiger partial charge in [0.2, 0.25) is 0 Å². The van der Waals surface area contributed by atoms with Gasteiger partial charge >= 0.3 is 0 Å². The van der Waals surface area contributed by atoms with E-state index in [1.165, 1.54) is 18.9 Å². The summed E-state index contributed by atoms with van der Waals surface area (Å²) in [5.74, 6) is 0.655. The molecule has 0 heterocycles. The Labute approximate surface area is 119 Å². The third-order valence-corrected chi connectivity index (χ3v) is 3.99. The first-order valence-corrected chi connectivity index (χ1v) is 7.17. The number of benzene rings is 1. The fraction of sp³-hybridized carbons (Fsp3) is 0.600. The van der Waals surface area contributed by atoms with Crippen molar-refractivity contribution in [2.24, 2.45) is 5.73 Å². The van der Waals surface area contributed by atoms with Gasteiger partial charge in [0.05, 0.1) is 10.5 Å². The van der Waals surface area contributed by atoms with Crippen LogP contribution in [0.4, 0.5) is 5.69 Å². The molecule has 0 unspecified atom stereocenters. The van der Waals surface area contributed by atoms with Gasteiger partial charge in [-0.05, 0) is 31.9 Å². The summed E-state index contributed by atoms with van der Waals surface area (Å²) in [6.45, 7) is 2.19. The molecule has 1 aliphatic carbocycles. The highest BCUT2D eigenvalue weighted by atomic mass is 16.6. The van der Waals surface area contributed by atoms with Gasteiger partial charge in [-0.3, -0.25) is 10.1 Å². The summed E-state index contributed by atoms with van der Waals surface area (Å²) < 4.78 is 5.77. The fourth-order valence-electron chi connectivity index (χ4n) is 2.73. The minimum absolute atomic E-state index is 0.120. The van der Waals surface area contributed by atoms with Gasteiger partial charge in [-0.25, -0.2) is 0 Å². The van der Waals surface area contributed by atoms with Crippen LogP contribution in [0.15, 0.2) is 18.2 Å². The van der Waals surface area contributed by atoms with Crippen molar-refractivity contribution in [2.75, 3.05) is 6.61 Å². The molecule has 110 valence electrons. The molecule has 0 aromatic heterocycles. The van der Waals surface area contributed by atoms with Crippen molar-refractivity contribution >= 4 is 5.69 Å². The molecule has 0 bridgehead atoms. The Kier molecular flexibility index (Phi) is 4.60. The summed E-state index contributed by atoms with van der Waals surface area (Å²) in [6.07, 6.45) is 6.77. The molecule has 0 spiro atoms. The Morgan fingerprint density at radius 2 is 1.95 bits per heavy atom. The van der Waals surface area contributed by atoms with Crippen LogP contribution in [0.25, 0.3) is 0 Å². The summed E-state index contributed by atoms with van der Waals surface area (Å²) in [7, 11) is 0. The standard InChI is InChI=1S/C15H22N2O3/c1-12-10-13(6-7-14(12)17(18)19)20-11-15(16)8-4-2-3-5-9-15/h6-7,10H,2-5,8-9,11,16H2,1H3. The fourth-order valence-corrected chi connectivity index (χ4v) is 2.73. The van der Waals surface area contributed by atoms with Crippen LogP contribution >= 0.6 is 0 Å². The van der Waals surface area contributed by atoms with Crippen molar-refractivity contribution in [3.05, 3.63) is 33.9 Å². The smallest absolute Gasteiger partial charge is 0.272 e. The zero-order chi connectivity index (χ0) is 14.6. The molecular formula is C15H22N2O3. The highest BCUT2D eigenvalue weighted by Gasteiger charge is 2.27. The van der Waals surface area contributed by atoms with Gasteiger partial charge < -0.3 is 10.5 Å². The van der Waals surface area contributed by atoms with E-state index in [1.54, 1.807) is 19.1 Å². The van der Waals surface area contributed by atoms with E-state index in [0.717, 1.165) is 25.7 Å². The average molecular weight is 278 g/mol. The first-order valence-electron chi connectivity index (χ1n) is 7.17. The number of nitro groups is 1. The second-order valence-electron chi connectivity index (χ2n) is 5.77. The van der Waals surface area contributed by atoms with Crippen molar-refractivity contribution in [3.63, 3.8) is 0 Å².